The second-order valence-electron chi connectivity index (χ2n) is 8.46. The third kappa shape index (κ3) is 4.36. The minimum absolute atomic E-state index is 0.0128. The van der Waals surface area contributed by atoms with Crippen molar-refractivity contribution in [3.8, 4) is 0 Å². The molecule has 1 aliphatic heterocycles. The summed E-state index contributed by atoms with van der Waals surface area (Å²) in [4.78, 5) is 18.5. The molecule has 174 valence electrons. The van der Waals surface area contributed by atoms with Crippen molar-refractivity contribution in [2.24, 2.45) is 0 Å². The molecule has 0 radical (unpaired) electrons. The lowest BCUT2D eigenvalue weighted by Gasteiger charge is -2.37. The second-order valence-corrected chi connectivity index (χ2v) is 10.6. The predicted molar refractivity (Wildman–Crippen MR) is 113 cm³/mol. The first-order chi connectivity index (χ1) is 14.4. The Bertz CT molecular complexity index is 983. The minimum Gasteiger partial charge on any atom is -0.388 e. The molecule has 0 amide bonds. The zero-order valence-corrected chi connectivity index (χ0v) is 18.9. The Balaban J connectivity index is 1.83. The van der Waals surface area contributed by atoms with Gasteiger partial charge in [-0.25, -0.2) is 9.97 Å². The molecule has 2 aromatic rings. The number of nitrogen functional groups attached to an aromatic ring is 1. The number of hydrogen-bond donors (Lipinski definition) is 5. The molecule has 3 heterocycles. The predicted octanol–water partition coefficient (Wildman–Crippen LogP) is 1.51. The van der Waals surface area contributed by atoms with Crippen LogP contribution in [0.2, 0.25) is 0 Å². The number of aliphatic hydroxyl groups excluding tert-OH is 2. The van der Waals surface area contributed by atoms with Crippen LogP contribution in [0.1, 0.15) is 53.2 Å². The Morgan fingerprint density at radius 1 is 1.26 bits per heavy atom. The number of nitrogens with two attached hydrogens (primary N) is 1. The summed E-state index contributed by atoms with van der Waals surface area (Å²) in [7, 11) is -4.41. The molecular formula is C19H31N4O7P. The van der Waals surface area contributed by atoms with Crippen LogP contribution in [-0.2, 0) is 13.8 Å². The van der Waals surface area contributed by atoms with Gasteiger partial charge >= 0.3 is 7.60 Å². The van der Waals surface area contributed by atoms with Gasteiger partial charge in [-0.3, -0.25) is 4.57 Å². The molecule has 1 fully saturated rings. The van der Waals surface area contributed by atoms with E-state index in [1.165, 1.54) is 13.3 Å². The number of anilines is 1. The molecule has 5 unspecified atom stereocenters. The number of aromatic nitrogens is 3. The van der Waals surface area contributed by atoms with E-state index in [1.54, 1.807) is 37.6 Å². The molecule has 0 aliphatic carbocycles. The van der Waals surface area contributed by atoms with E-state index < -0.39 is 43.1 Å². The van der Waals surface area contributed by atoms with Crippen molar-refractivity contribution in [2.75, 3.05) is 5.73 Å². The van der Waals surface area contributed by atoms with Gasteiger partial charge in [0.05, 0.1) is 17.1 Å². The van der Waals surface area contributed by atoms with Crippen molar-refractivity contribution in [1.82, 2.24) is 14.5 Å². The van der Waals surface area contributed by atoms with Gasteiger partial charge in [0, 0.05) is 12.6 Å². The molecule has 6 N–H and O–H groups in total. The van der Waals surface area contributed by atoms with Crippen LogP contribution < -0.4 is 5.73 Å². The fraction of sp³-hybridized carbons (Fsp3) is 0.684. The zero-order chi connectivity index (χ0) is 23.2. The third-order valence-electron chi connectivity index (χ3n) is 6.15. The first-order valence-corrected chi connectivity index (χ1v) is 11.8. The zero-order valence-electron chi connectivity index (χ0n) is 18.0. The first kappa shape index (κ1) is 24.1. The summed E-state index contributed by atoms with van der Waals surface area (Å²) in [6.07, 6.45) is -1.13. The van der Waals surface area contributed by atoms with Crippen LogP contribution in [0, 0.1) is 0 Å². The van der Waals surface area contributed by atoms with E-state index in [0.29, 0.717) is 17.5 Å². The van der Waals surface area contributed by atoms with Crippen molar-refractivity contribution >= 4 is 24.4 Å². The van der Waals surface area contributed by atoms with E-state index >= 15 is 0 Å². The van der Waals surface area contributed by atoms with Crippen molar-refractivity contribution < 1.29 is 34.0 Å². The summed E-state index contributed by atoms with van der Waals surface area (Å²) in [5.74, 6) is 0.280. The first-order valence-electron chi connectivity index (χ1n) is 10.2. The molecule has 0 aromatic carbocycles. The molecule has 7 atom stereocenters. The van der Waals surface area contributed by atoms with Crippen LogP contribution in [-0.4, -0.2) is 64.0 Å². The Hall–Kier alpha value is -1.59. The molecule has 1 aliphatic rings. The Morgan fingerprint density at radius 2 is 1.94 bits per heavy atom. The van der Waals surface area contributed by atoms with E-state index in [1.807, 2.05) is 0 Å². The standard InChI is InChI=1S/C19H31N4O7P/c1-5-18(3,30-31(27,28)19(4,26)6-2)9-12-13(24)14(25)17(29-12)23-8-7-11-15(20)21-10-22-16(11)23/h7-8,10,12-14,17,24-26H,5-6,9H2,1-4H3,(H,27,28)(H2,20,21,22)/t12?,13?,14-,17-,18?,19?/m1/s1. The number of rotatable bonds is 8. The summed E-state index contributed by atoms with van der Waals surface area (Å²) in [6.45, 7) is 6.19. The van der Waals surface area contributed by atoms with Crippen LogP contribution in [0.4, 0.5) is 5.82 Å². The van der Waals surface area contributed by atoms with E-state index in [0.717, 1.165) is 0 Å². The van der Waals surface area contributed by atoms with Gasteiger partial charge in [-0.2, -0.15) is 0 Å². The highest BCUT2D eigenvalue weighted by atomic mass is 31.2. The summed E-state index contributed by atoms with van der Waals surface area (Å²) < 4.78 is 25.7. The van der Waals surface area contributed by atoms with Gasteiger partial charge in [-0.1, -0.05) is 13.8 Å². The summed E-state index contributed by atoms with van der Waals surface area (Å²) in [5, 5.41) is 30.2. The Morgan fingerprint density at radius 3 is 2.55 bits per heavy atom. The van der Waals surface area contributed by atoms with Gasteiger partial charge in [-0.15, -0.1) is 0 Å². The molecule has 11 nitrogen and oxygen atoms in total. The van der Waals surface area contributed by atoms with Crippen molar-refractivity contribution in [2.45, 2.75) is 82.4 Å². The average Bonchev–Trinajstić information content (AvgIpc) is 3.25. The highest BCUT2D eigenvalue weighted by Gasteiger charge is 2.50. The molecule has 0 saturated carbocycles. The molecule has 0 spiro atoms. The lowest BCUT2D eigenvalue weighted by molar-refractivity contribution is -0.0688. The molecule has 31 heavy (non-hydrogen) atoms. The molecular weight excluding hydrogens is 427 g/mol. The highest BCUT2D eigenvalue weighted by Crippen LogP contribution is 2.59. The second kappa shape index (κ2) is 8.40. The van der Waals surface area contributed by atoms with E-state index in [-0.39, 0.29) is 18.7 Å². The van der Waals surface area contributed by atoms with Gasteiger partial charge in [0.25, 0.3) is 0 Å². The summed E-state index contributed by atoms with van der Waals surface area (Å²) in [6, 6.07) is 1.69. The molecule has 3 rings (SSSR count). The van der Waals surface area contributed by atoms with Crippen LogP contribution in [0.25, 0.3) is 11.0 Å². The Kier molecular flexibility index (Phi) is 6.52. The maximum Gasteiger partial charge on any atom is 0.359 e. The van der Waals surface area contributed by atoms with Crippen molar-refractivity contribution in [1.29, 1.82) is 0 Å². The quantitative estimate of drug-likeness (QED) is 0.365. The van der Waals surface area contributed by atoms with Crippen LogP contribution in [0.5, 0.6) is 0 Å². The normalized spacial score (nSPS) is 30.1. The lowest BCUT2D eigenvalue weighted by atomic mass is 9.93. The smallest absolute Gasteiger partial charge is 0.359 e. The van der Waals surface area contributed by atoms with Gasteiger partial charge in [-0.05, 0) is 32.8 Å². The molecule has 12 heteroatoms. The van der Waals surface area contributed by atoms with Crippen LogP contribution in [0.3, 0.4) is 0 Å². The van der Waals surface area contributed by atoms with Crippen molar-refractivity contribution in [3.05, 3.63) is 18.6 Å². The molecule has 1 saturated heterocycles. The summed E-state index contributed by atoms with van der Waals surface area (Å²) in [5.41, 5.74) is 5.10. The van der Waals surface area contributed by atoms with Crippen molar-refractivity contribution in [3.63, 3.8) is 0 Å². The minimum atomic E-state index is -4.41. The van der Waals surface area contributed by atoms with E-state index in [2.05, 4.69) is 9.97 Å². The van der Waals surface area contributed by atoms with Gasteiger partial charge in [0.1, 0.15) is 30.0 Å². The molecule has 0 bridgehead atoms. The van der Waals surface area contributed by atoms with Gasteiger partial charge in [0.2, 0.25) is 0 Å². The fourth-order valence-corrected chi connectivity index (χ4v) is 4.99. The molecule has 2 aromatic heterocycles. The van der Waals surface area contributed by atoms with Crippen LogP contribution >= 0.6 is 7.60 Å². The Labute approximate surface area is 180 Å². The maximum atomic E-state index is 12.7. The third-order valence-corrected chi connectivity index (χ3v) is 8.38. The number of fused-ring (bicyclic) bond motifs is 1. The van der Waals surface area contributed by atoms with E-state index in [9.17, 15) is 24.8 Å². The number of nitrogens with zero attached hydrogens (tertiary/aromatic N) is 3. The number of aliphatic hydroxyl groups is 3. The fourth-order valence-electron chi connectivity index (χ4n) is 3.59. The number of ether oxygens (including phenoxy) is 1. The van der Waals surface area contributed by atoms with Gasteiger partial charge < -0.3 is 39.8 Å². The summed E-state index contributed by atoms with van der Waals surface area (Å²) >= 11 is 0. The topological polar surface area (TPSA) is 173 Å². The monoisotopic (exact) mass is 458 g/mol. The van der Waals surface area contributed by atoms with Crippen LogP contribution in [0.15, 0.2) is 18.6 Å². The van der Waals surface area contributed by atoms with E-state index in [4.69, 9.17) is 15.0 Å². The highest BCUT2D eigenvalue weighted by molar-refractivity contribution is 7.54. The SMILES string of the molecule is CCC(C)(CC1O[C@@H](n2ccc3c(N)ncnc32)[C@H](O)C1O)OP(=O)(O)C(C)(O)CC. The maximum absolute atomic E-state index is 12.7. The largest absolute Gasteiger partial charge is 0.388 e. The average molecular weight is 458 g/mol. The van der Waals surface area contributed by atoms with Gasteiger partial charge in [0.15, 0.2) is 11.6 Å². The number of hydrogen-bond acceptors (Lipinski definition) is 9. The lowest BCUT2D eigenvalue weighted by Crippen LogP contribution is -2.40.